The number of hydrogen-bond donors (Lipinski definition) is 10. The van der Waals surface area contributed by atoms with Crippen LogP contribution in [0.2, 0.25) is 0 Å². The van der Waals surface area contributed by atoms with E-state index in [9.17, 15) is 38.4 Å². The number of pyridine rings is 3. The van der Waals surface area contributed by atoms with Crippen LogP contribution in [0.3, 0.4) is 0 Å². The van der Waals surface area contributed by atoms with Crippen LogP contribution in [0.4, 0.5) is 21.8 Å². The fourth-order valence-corrected chi connectivity index (χ4v) is 7.38. The summed E-state index contributed by atoms with van der Waals surface area (Å²) in [6, 6.07) is 8.27. The maximum atomic E-state index is 12.7. The number of carboxylic acid groups (broad SMARTS) is 1. The molecule has 0 fully saturated rings. The predicted molar refractivity (Wildman–Crippen MR) is 272 cm³/mol. The highest BCUT2D eigenvalue weighted by Crippen LogP contribution is 2.13. The molecule has 0 aliphatic heterocycles. The smallest absolute Gasteiger partial charge is 0.323 e. The van der Waals surface area contributed by atoms with Gasteiger partial charge in [0.15, 0.2) is 21.9 Å². The van der Waals surface area contributed by atoms with Gasteiger partial charge in [-0.15, -0.1) is 22.7 Å². The lowest BCUT2D eigenvalue weighted by Crippen LogP contribution is -2.44. The number of rotatable bonds is 23. The van der Waals surface area contributed by atoms with Gasteiger partial charge in [0, 0.05) is 83.0 Å². The quantitative estimate of drug-likeness (QED) is 0.0177. The molecule has 0 spiro atoms. The molecule has 25 nitrogen and oxygen atoms in total. The van der Waals surface area contributed by atoms with Gasteiger partial charge in [-0.05, 0) is 62.1 Å². The number of nitrogens with zero attached hydrogens (tertiary/aromatic N) is 7. The van der Waals surface area contributed by atoms with E-state index >= 15 is 0 Å². The van der Waals surface area contributed by atoms with Gasteiger partial charge >= 0.3 is 5.97 Å². The zero-order valence-corrected chi connectivity index (χ0v) is 41.0. The molecule has 5 rings (SSSR count). The molecule has 0 bridgehead atoms. The Labute approximate surface area is 414 Å². The van der Waals surface area contributed by atoms with Gasteiger partial charge in [-0.1, -0.05) is 0 Å². The Morgan fingerprint density at radius 2 is 1.08 bits per heavy atom. The molecule has 2 atom stereocenters. The van der Waals surface area contributed by atoms with E-state index in [2.05, 4.69) is 51.9 Å². The molecular formula is C43H59FN16O9S2. The van der Waals surface area contributed by atoms with Crippen molar-refractivity contribution >= 4 is 81.0 Å². The first kappa shape index (κ1) is 58.9. The van der Waals surface area contributed by atoms with Crippen molar-refractivity contribution in [2.75, 3.05) is 57.2 Å². The second kappa shape index (κ2) is 31.0. The Balaban J connectivity index is 0.000000387. The summed E-state index contributed by atoms with van der Waals surface area (Å²) in [6.07, 6.45) is 9.35. The number of thiazole rings is 2. The number of aliphatic imine (C=N–C) groups is 2. The molecule has 0 aromatic carbocycles. The molecule has 28 heteroatoms. The van der Waals surface area contributed by atoms with Crippen LogP contribution in [0.1, 0.15) is 45.3 Å². The molecule has 0 aliphatic rings. The van der Waals surface area contributed by atoms with Crippen molar-refractivity contribution in [2.24, 2.45) is 27.2 Å². The molecule has 0 unspecified atom stereocenters. The van der Waals surface area contributed by atoms with Gasteiger partial charge in [-0.2, -0.15) is 0 Å². The summed E-state index contributed by atoms with van der Waals surface area (Å²) < 4.78 is 3.69. The van der Waals surface area contributed by atoms with E-state index in [0.717, 1.165) is 4.57 Å². The number of aromatic nitrogens is 5. The third-order valence-corrected chi connectivity index (χ3v) is 11.1. The van der Waals surface area contributed by atoms with Crippen LogP contribution in [0.25, 0.3) is 0 Å². The Bertz CT molecular complexity index is 2740. The molecule has 5 aromatic rings. The second-order valence-corrected chi connectivity index (χ2v) is 16.3. The van der Waals surface area contributed by atoms with Gasteiger partial charge in [0.1, 0.15) is 36.7 Å². The molecule has 0 radical (unpaired) electrons. The van der Waals surface area contributed by atoms with E-state index in [1.807, 2.05) is 0 Å². The minimum Gasteiger partial charge on any atom is -0.480 e. The predicted octanol–water partition coefficient (Wildman–Crippen LogP) is -0.0766. The summed E-state index contributed by atoms with van der Waals surface area (Å²) in [5.41, 5.74) is 16.4. The van der Waals surface area contributed by atoms with Crippen molar-refractivity contribution in [2.45, 2.75) is 57.4 Å². The molecule has 0 aliphatic carbocycles. The van der Waals surface area contributed by atoms with E-state index < -0.39 is 29.9 Å². The number of carbonyl (C=O) groups excluding carboxylic acids is 4. The first-order chi connectivity index (χ1) is 33.5. The Morgan fingerprint density at radius 3 is 1.44 bits per heavy atom. The normalized spacial score (nSPS) is 11.3. The van der Waals surface area contributed by atoms with Crippen LogP contribution < -0.4 is 65.8 Å². The van der Waals surface area contributed by atoms with E-state index in [-0.39, 0.29) is 58.5 Å². The monoisotopic (exact) mass is 1030 g/mol. The number of carbonyl (C=O) groups is 5. The third kappa shape index (κ3) is 19.7. The van der Waals surface area contributed by atoms with Crippen LogP contribution in [-0.2, 0) is 34.0 Å². The van der Waals surface area contributed by atoms with E-state index in [4.69, 9.17) is 22.3 Å². The highest BCUT2D eigenvalue weighted by atomic mass is 32.1. The SMILES string of the molecule is CN=C(N)NCCC[C@H](NC(=O)Cn1cccc(NC)c1=O)C(=O)c1nccs1.CNc1cccn(CC(=O)N[C@@H](CCCN=C(N)N)C(=O)c2nccs2)c1=O.CNc1cccn(CC(=O)O)c1=O.F. The Hall–Kier alpha value is -8.27. The molecule has 5 aromatic heterocycles. The fraction of sp³-hybridized carbons (Fsp3) is 0.349. The number of carboxylic acids is 1. The number of halogens is 1. The lowest BCUT2D eigenvalue weighted by Gasteiger charge is -2.17. The standard InChI is InChI=1S/C18H25N7O3S.C17H23N7O3S.C8H10N2O3.FH/c1-20-13-6-4-9-25(17(13)28)11-14(26)24-12(5-3-7-23-18(19)21-2)15(27)16-22-8-10-29-16;1-20-12-5-3-8-24(16(12)27)10-13(25)23-11(4-2-6-22-17(18)19)14(26)15-21-7-9-28-15;1-9-6-3-2-4-10(8(6)13)5-7(11)12;/h4,6,8-10,12,20H,3,5,7,11H2,1-2H3,(H,24,26)(H3,19,21,23);3,5,7-9,11,20H,2,4,6,10H2,1H3,(H,23,25)(H4,18,19,22);2-4,9H,5H2,1H3,(H,11,12);1H/t12-;11-;;/m00../s1. The van der Waals surface area contributed by atoms with Crippen LogP contribution in [0, 0.1) is 0 Å². The van der Waals surface area contributed by atoms with Crippen molar-refractivity contribution in [1.29, 1.82) is 0 Å². The zero-order chi connectivity index (χ0) is 51.6. The number of guanidine groups is 2. The van der Waals surface area contributed by atoms with E-state index in [1.54, 1.807) is 81.5 Å². The number of nitrogens with two attached hydrogens (primary N) is 3. The summed E-state index contributed by atoms with van der Waals surface area (Å²) >= 11 is 2.41. The molecule has 0 saturated carbocycles. The van der Waals surface area contributed by atoms with Gasteiger partial charge in [0.2, 0.25) is 23.4 Å². The van der Waals surface area contributed by atoms with Gasteiger partial charge < -0.3 is 67.9 Å². The van der Waals surface area contributed by atoms with Crippen LogP contribution >= 0.6 is 22.7 Å². The zero-order valence-electron chi connectivity index (χ0n) is 39.3. The Kier molecular flexibility index (Phi) is 25.7. The summed E-state index contributed by atoms with van der Waals surface area (Å²) in [5.74, 6) is -2.19. The average Bonchev–Trinajstić information content (AvgIpc) is 4.09. The largest absolute Gasteiger partial charge is 0.480 e. The number of Topliss-reactive ketones (excluding diaryl/α,β-unsaturated/α-hetero) is 2. The van der Waals surface area contributed by atoms with Crippen molar-refractivity contribution in [3.63, 3.8) is 0 Å². The van der Waals surface area contributed by atoms with Crippen LogP contribution in [-0.4, -0.2) is 123 Å². The number of nitrogens with one attached hydrogen (secondary N) is 6. The summed E-state index contributed by atoms with van der Waals surface area (Å²) in [4.78, 5) is 112. The first-order valence-corrected chi connectivity index (χ1v) is 23.1. The van der Waals surface area contributed by atoms with Crippen molar-refractivity contribution in [1.82, 2.24) is 39.6 Å². The maximum Gasteiger partial charge on any atom is 0.323 e. The maximum absolute atomic E-state index is 12.7. The highest BCUT2D eigenvalue weighted by Gasteiger charge is 2.25. The summed E-state index contributed by atoms with van der Waals surface area (Å²) in [7, 11) is 6.44. The lowest BCUT2D eigenvalue weighted by molar-refractivity contribution is -0.137. The summed E-state index contributed by atoms with van der Waals surface area (Å²) in [5, 5.41) is 29.1. The van der Waals surface area contributed by atoms with Crippen LogP contribution in [0.5, 0.6) is 0 Å². The molecule has 384 valence electrons. The molecule has 71 heavy (non-hydrogen) atoms. The van der Waals surface area contributed by atoms with E-state index in [1.165, 1.54) is 56.6 Å². The number of aliphatic carboxylic acids is 1. The average molecular weight is 1030 g/mol. The minimum absolute atomic E-state index is 0. The van der Waals surface area contributed by atoms with Gasteiger partial charge in [0.25, 0.3) is 16.7 Å². The third-order valence-electron chi connectivity index (χ3n) is 9.55. The van der Waals surface area contributed by atoms with Gasteiger partial charge in [-0.25, -0.2) is 9.97 Å². The number of ketones is 2. The molecular weight excluding hydrogens is 968 g/mol. The van der Waals surface area contributed by atoms with Crippen molar-refractivity contribution in [3.05, 3.63) is 119 Å². The lowest BCUT2D eigenvalue weighted by atomic mass is 10.1. The number of amides is 2. The summed E-state index contributed by atoms with van der Waals surface area (Å²) in [6.45, 7) is 0.135. The number of hydrogen-bond acceptors (Lipinski definition) is 17. The topological polar surface area (TPSA) is 372 Å². The van der Waals surface area contributed by atoms with E-state index in [0.29, 0.717) is 71.8 Å². The van der Waals surface area contributed by atoms with Crippen molar-refractivity contribution in [3.8, 4) is 0 Å². The minimum atomic E-state index is -1.03. The molecule has 2 amide bonds. The molecule has 0 saturated heterocycles. The molecule has 13 N–H and O–H groups in total. The van der Waals surface area contributed by atoms with Crippen LogP contribution in [0.15, 0.2) is 103 Å². The first-order valence-electron chi connectivity index (χ1n) is 21.3. The number of anilines is 3. The van der Waals surface area contributed by atoms with Gasteiger partial charge in [0.05, 0.1) is 12.1 Å². The fourth-order valence-electron chi connectivity index (χ4n) is 6.12. The highest BCUT2D eigenvalue weighted by molar-refractivity contribution is 7.12. The van der Waals surface area contributed by atoms with Crippen molar-refractivity contribution < 1.29 is 33.8 Å². The van der Waals surface area contributed by atoms with Gasteiger partial charge in [-0.3, -0.25) is 53.0 Å². The Morgan fingerprint density at radius 1 is 0.676 bits per heavy atom. The second-order valence-electron chi connectivity index (χ2n) is 14.5. The molecule has 5 heterocycles.